The fourth-order valence-corrected chi connectivity index (χ4v) is 3.58. The first-order valence-electron chi connectivity index (χ1n) is 11.1. The van der Waals surface area contributed by atoms with Crippen LogP contribution in [0.3, 0.4) is 0 Å². The molecule has 1 unspecified atom stereocenters. The topological polar surface area (TPSA) is 75.6 Å². The number of piperazine rings is 1. The molecule has 0 aromatic heterocycles. The summed E-state index contributed by atoms with van der Waals surface area (Å²) in [6.45, 7) is 11.8. The van der Waals surface area contributed by atoms with E-state index in [1.165, 1.54) is 5.56 Å². The average molecular weight is 560 g/mol. The normalized spacial score (nSPS) is 18.0. The SMILES string of the molecule is CC(C)(C)OC(=O)N1CCN2C(NCCCOCCOCc3ccccc3)=NCC2C1.I. The van der Waals surface area contributed by atoms with Gasteiger partial charge in [-0.15, -0.1) is 24.0 Å². The maximum Gasteiger partial charge on any atom is 0.410 e. The van der Waals surface area contributed by atoms with Crippen molar-refractivity contribution in [3.8, 4) is 0 Å². The minimum absolute atomic E-state index is 0. The summed E-state index contributed by atoms with van der Waals surface area (Å²) in [6.07, 6.45) is 0.665. The zero-order valence-corrected chi connectivity index (χ0v) is 21.7. The van der Waals surface area contributed by atoms with E-state index in [1.807, 2.05) is 39.0 Å². The van der Waals surface area contributed by atoms with Gasteiger partial charge in [-0.25, -0.2) is 4.79 Å². The Hall–Kier alpha value is -1.59. The van der Waals surface area contributed by atoms with E-state index >= 15 is 0 Å². The van der Waals surface area contributed by atoms with E-state index in [-0.39, 0.29) is 36.1 Å². The number of rotatable bonds is 9. The third-order valence-electron chi connectivity index (χ3n) is 5.09. The molecule has 2 aliphatic heterocycles. The highest BCUT2D eigenvalue weighted by Gasteiger charge is 2.36. The largest absolute Gasteiger partial charge is 0.444 e. The second-order valence-electron chi connectivity index (χ2n) is 8.87. The van der Waals surface area contributed by atoms with Gasteiger partial charge in [0.1, 0.15) is 5.60 Å². The summed E-state index contributed by atoms with van der Waals surface area (Å²) in [6, 6.07) is 10.4. The van der Waals surface area contributed by atoms with Crippen molar-refractivity contribution in [1.29, 1.82) is 0 Å². The van der Waals surface area contributed by atoms with Gasteiger partial charge in [0.2, 0.25) is 0 Å². The molecule has 0 aliphatic carbocycles. The lowest BCUT2D eigenvalue weighted by molar-refractivity contribution is 0.0137. The Morgan fingerprint density at radius 3 is 2.62 bits per heavy atom. The number of halogens is 1. The van der Waals surface area contributed by atoms with Crippen LogP contribution in [0.15, 0.2) is 35.3 Å². The third-order valence-corrected chi connectivity index (χ3v) is 5.09. The van der Waals surface area contributed by atoms with Crippen LogP contribution in [-0.2, 0) is 20.8 Å². The van der Waals surface area contributed by atoms with Crippen molar-refractivity contribution < 1.29 is 19.0 Å². The molecule has 1 amide bonds. The number of amides is 1. The molecule has 1 aromatic carbocycles. The van der Waals surface area contributed by atoms with E-state index in [2.05, 4.69) is 27.3 Å². The average Bonchev–Trinajstić information content (AvgIpc) is 3.14. The van der Waals surface area contributed by atoms with E-state index in [1.54, 1.807) is 4.90 Å². The number of guanidine groups is 1. The molecule has 1 fully saturated rings. The Balaban J connectivity index is 0.00000363. The molecule has 0 bridgehead atoms. The molecular formula is C23H37IN4O4. The van der Waals surface area contributed by atoms with Crippen molar-refractivity contribution in [2.75, 3.05) is 52.5 Å². The smallest absolute Gasteiger partial charge is 0.410 e. The van der Waals surface area contributed by atoms with E-state index in [4.69, 9.17) is 14.2 Å². The lowest BCUT2D eigenvalue weighted by Gasteiger charge is -2.39. The van der Waals surface area contributed by atoms with Gasteiger partial charge in [0.05, 0.1) is 32.4 Å². The number of carbonyl (C=O) groups is 1. The predicted molar refractivity (Wildman–Crippen MR) is 136 cm³/mol. The summed E-state index contributed by atoms with van der Waals surface area (Å²) >= 11 is 0. The number of hydrogen-bond donors (Lipinski definition) is 1. The van der Waals surface area contributed by atoms with Crippen molar-refractivity contribution in [3.63, 3.8) is 0 Å². The highest BCUT2D eigenvalue weighted by Crippen LogP contribution is 2.18. The van der Waals surface area contributed by atoms with E-state index < -0.39 is 5.60 Å². The van der Waals surface area contributed by atoms with Crippen LogP contribution in [0, 0.1) is 0 Å². The molecule has 180 valence electrons. The molecule has 1 saturated heterocycles. The molecule has 0 spiro atoms. The first kappa shape index (κ1) is 26.7. The summed E-state index contributed by atoms with van der Waals surface area (Å²) in [4.78, 5) is 21.0. The summed E-state index contributed by atoms with van der Waals surface area (Å²) in [5.74, 6) is 0.931. The minimum atomic E-state index is -0.469. The Kier molecular flexibility index (Phi) is 11.0. The maximum atomic E-state index is 12.3. The van der Waals surface area contributed by atoms with Crippen molar-refractivity contribution in [1.82, 2.24) is 15.1 Å². The molecule has 0 saturated carbocycles. The Morgan fingerprint density at radius 2 is 1.88 bits per heavy atom. The van der Waals surface area contributed by atoms with Gasteiger partial charge in [-0.3, -0.25) is 4.99 Å². The van der Waals surface area contributed by atoms with Crippen LogP contribution >= 0.6 is 24.0 Å². The predicted octanol–water partition coefficient (Wildman–Crippen LogP) is 3.11. The lowest BCUT2D eigenvalue weighted by atomic mass is 10.2. The van der Waals surface area contributed by atoms with Crippen LogP contribution in [0.1, 0.15) is 32.8 Å². The van der Waals surface area contributed by atoms with Crippen molar-refractivity contribution in [3.05, 3.63) is 35.9 Å². The van der Waals surface area contributed by atoms with Crippen LogP contribution in [0.5, 0.6) is 0 Å². The highest BCUT2D eigenvalue weighted by atomic mass is 127. The molecule has 9 heteroatoms. The monoisotopic (exact) mass is 560 g/mol. The summed E-state index contributed by atoms with van der Waals surface area (Å²) in [5.41, 5.74) is 0.706. The van der Waals surface area contributed by atoms with Gasteiger partial charge in [0.25, 0.3) is 0 Å². The molecule has 0 radical (unpaired) electrons. The van der Waals surface area contributed by atoms with Crippen LogP contribution in [0.2, 0.25) is 0 Å². The van der Waals surface area contributed by atoms with Crippen LogP contribution in [0.25, 0.3) is 0 Å². The van der Waals surface area contributed by atoms with E-state index in [0.717, 1.165) is 25.5 Å². The van der Waals surface area contributed by atoms with Crippen molar-refractivity contribution >= 4 is 36.0 Å². The number of fused-ring (bicyclic) bond motifs is 1. The van der Waals surface area contributed by atoms with Crippen LogP contribution < -0.4 is 5.32 Å². The van der Waals surface area contributed by atoms with Gasteiger partial charge in [-0.1, -0.05) is 30.3 Å². The quantitative estimate of drug-likeness (QED) is 0.370. The van der Waals surface area contributed by atoms with Gasteiger partial charge in [-0.2, -0.15) is 0 Å². The fraction of sp³-hybridized carbons (Fsp3) is 0.652. The Labute approximate surface area is 208 Å². The van der Waals surface area contributed by atoms with Crippen LogP contribution in [0.4, 0.5) is 4.79 Å². The number of nitrogens with zero attached hydrogens (tertiary/aromatic N) is 3. The molecule has 1 aromatic rings. The molecule has 32 heavy (non-hydrogen) atoms. The number of nitrogens with one attached hydrogen (secondary N) is 1. The number of carbonyl (C=O) groups excluding carboxylic acids is 1. The fourth-order valence-electron chi connectivity index (χ4n) is 3.58. The molecular weight excluding hydrogens is 523 g/mol. The number of ether oxygens (including phenoxy) is 3. The first-order valence-corrected chi connectivity index (χ1v) is 11.1. The minimum Gasteiger partial charge on any atom is -0.444 e. The maximum absolute atomic E-state index is 12.3. The number of benzene rings is 1. The van der Waals surface area contributed by atoms with Gasteiger partial charge >= 0.3 is 6.09 Å². The van der Waals surface area contributed by atoms with E-state index in [9.17, 15) is 4.79 Å². The van der Waals surface area contributed by atoms with Gasteiger partial charge < -0.3 is 29.3 Å². The zero-order valence-electron chi connectivity index (χ0n) is 19.4. The van der Waals surface area contributed by atoms with Crippen LogP contribution in [-0.4, -0.2) is 86.0 Å². The lowest BCUT2D eigenvalue weighted by Crippen LogP contribution is -2.57. The highest BCUT2D eigenvalue weighted by molar-refractivity contribution is 14.0. The van der Waals surface area contributed by atoms with Crippen molar-refractivity contribution in [2.45, 2.75) is 45.4 Å². The number of aliphatic imine (C=N–C) groups is 1. The summed E-state index contributed by atoms with van der Waals surface area (Å²) in [5, 5.41) is 3.42. The second-order valence-corrected chi connectivity index (χ2v) is 8.87. The Bertz CT molecular complexity index is 726. The number of hydrogen-bond acceptors (Lipinski definition) is 7. The summed E-state index contributed by atoms with van der Waals surface area (Å²) in [7, 11) is 0. The molecule has 2 aliphatic rings. The third kappa shape index (κ3) is 8.74. The first-order chi connectivity index (χ1) is 14.9. The second kappa shape index (κ2) is 13.2. The molecule has 1 N–H and O–H groups in total. The molecule has 3 rings (SSSR count). The van der Waals surface area contributed by atoms with Crippen molar-refractivity contribution in [2.24, 2.45) is 4.99 Å². The van der Waals surface area contributed by atoms with Gasteiger partial charge in [0.15, 0.2) is 5.96 Å². The summed E-state index contributed by atoms with van der Waals surface area (Å²) < 4.78 is 16.8. The molecule has 2 heterocycles. The van der Waals surface area contributed by atoms with E-state index in [0.29, 0.717) is 46.1 Å². The standard InChI is InChI=1S/C23H36N4O4.HI/c1-23(2,3)31-22(28)26-11-12-27-20(17-26)16-25-21(27)24-10-7-13-29-14-15-30-18-19-8-5-4-6-9-19;/h4-6,8-9,20H,7,10-18H2,1-3H3,(H,24,25);1H. The molecule has 1 atom stereocenters. The Morgan fingerprint density at radius 1 is 1.12 bits per heavy atom. The van der Waals surface area contributed by atoms with Gasteiger partial charge in [0, 0.05) is 32.8 Å². The zero-order chi connectivity index (χ0) is 22.1. The van der Waals surface area contributed by atoms with Gasteiger partial charge in [-0.05, 0) is 32.8 Å². The molecule has 8 nitrogen and oxygen atoms in total.